The fraction of sp³-hybridized carbons (Fsp3) is 0.875. The van der Waals surface area contributed by atoms with Crippen LogP contribution in [0.15, 0.2) is 0 Å². The zero-order valence-corrected chi connectivity index (χ0v) is 11.9. The van der Waals surface area contributed by atoms with Gasteiger partial charge in [-0.15, -0.1) is 0 Å². The highest BCUT2D eigenvalue weighted by molar-refractivity contribution is 7.87. The Morgan fingerprint density at radius 1 is 1.26 bits per heavy atom. The summed E-state index contributed by atoms with van der Waals surface area (Å²) in [5, 5.41) is 0.493. The Bertz CT molecular complexity index is 499. The Kier molecular flexibility index (Phi) is 6.86. The molecular weight excluding hydrogens is 300 g/mol. The molecule has 11 heteroatoms. The van der Waals surface area contributed by atoms with Crippen molar-refractivity contribution >= 4 is 26.1 Å². The van der Waals surface area contributed by atoms with E-state index in [-0.39, 0.29) is 18.9 Å². The van der Waals surface area contributed by atoms with Crippen molar-refractivity contribution in [3.05, 3.63) is 0 Å². The lowest BCUT2D eigenvalue weighted by Gasteiger charge is -2.15. The zero-order valence-electron chi connectivity index (χ0n) is 10.3. The van der Waals surface area contributed by atoms with Gasteiger partial charge < -0.3 is 11.1 Å². The molecule has 0 aliphatic heterocycles. The van der Waals surface area contributed by atoms with Gasteiger partial charge >= 0.3 is 0 Å². The van der Waals surface area contributed by atoms with Crippen LogP contribution in [0, 0.1) is 5.92 Å². The van der Waals surface area contributed by atoms with Crippen LogP contribution >= 0.6 is 0 Å². The molecule has 0 aromatic heterocycles. The molecule has 0 saturated carbocycles. The van der Waals surface area contributed by atoms with Crippen LogP contribution in [0.4, 0.5) is 0 Å². The molecule has 5 N–H and O–H groups in total. The van der Waals surface area contributed by atoms with Gasteiger partial charge in [0.2, 0.25) is 5.91 Å². The summed E-state index contributed by atoms with van der Waals surface area (Å²) >= 11 is 0. The highest BCUT2D eigenvalue weighted by Gasteiger charge is 2.29. The second kappa shape index (κ2) is 7.14. The van der Waals surface area contributed by atoms with Crippen LogP contribution in [0.3, 0.4) is 0 Å². The largest absolute Gasteiger partial charge is 0.355 e. The molecule has 0 rings (SSSR count). The molecular formula is C8H18N2O7S2. The lowest BCUT2D eigenvalue weighted by Crippen LogP contribution is -2.45. The van der Waals surface area contributed by atoms with E-state index in [0.29, 0.717) is 0 Å². The molecule has 1 amide bonds. The molecule has 9 nitrogen and oxygen atoms in total. The van der Waals surface area contributed by atoms with Gasteiger partial charge in [-0.3, -0.25) is 13.9 Å². The third kappa shape index (κ3) is 8.10. The van der Waals surface area contributed by atoms with E-state index in [0.717, 1.165) is 0 Å². The van der Waals surface area contributed by atoms with E-state index in [1.54, 1.807) is 6.92 Å². The number of amides is 1. The van der Waals surface area contributed by atoms with Crippen LogP contribution in [-0.2, 0) is 25.0 Å². The first-order valence-electron chi connectivity index (χ1n) is 5.36. The Balaban J connectivity index is 4.30. The normalized spacial score (nSPS) is 15.8. The molecule has 0 spiro atoms. The Morgan fingerprint density at radius 2 is 1.79 bits per heavy atom. The molecule has 0 radical (unpaired) electrons. The third-order valence-corrected chi connectivity index (χ3v) is 4.24. The van der Waals surface area contributed by atoms with Crippen LogP contribution in [0.1, 0.15) is 13.3 Å². The third-order valence-electron chi connectivity index (χ3n) is 2.36. The second-order valence-electron chi connectivity index (χ2n) is 4.16. The molecule has 19 heavy (non-hydrogen) atoms. The van der Waals surface area contributed by atoms with Crippen molar-refractivity contribution in [1.29, 1.82) is 0 Å². The maximum Gasteiger partial charge on any atom is 0.278 e. The van der Waals surface area contributed by atoms with Crippen molar-refractivity contribution in [3.8, 4) is 0 Å². The van der Waals surface area contributed by atoms with Crippen LogP contribution in [0.25, 0.3) is 0 Å². The minimum atomic E-state index is -4.57. The van der Waals surface area contributed by atoms with E-state index < -0.39 is 43.7 Å². The SMILES string of the molecule is CC(CCS(=O)(=O)O)CNC(=O)C(CN)S(=O)(=O)O. The standard InChI is InChI=1S/C8H18N2O7S2/c1-6(2-3-18(12,13)14)5-10-8(11)7(4-9)19(15,16)17/h6-7H,2-5,9H2,1H3,(H,10,11)(H,12,13,14)(H,15,16,17). The molecule has 0 aromatic rings. The summed E-state index contributed by atoms with van der Waals surface area (Å²) in [6.45, 7) is 1.04. The van der Waals surface area contributed by atoms with Crippen molar-refractivity contribution in [2.24, 2.45) is 11.7 Å². The first-order chi connectivity index (χ1) is 8.47. The van der Waals surface area contributed by atoms with Gasteiger partial charge in [0, 0.05) is 13.1 Å². The van der Waals surface area contributed by atoms with Crippen LogP contribution in [-0.4, -0.2) is 55.9 Å². The van der Waals surface area contributed by atoms with Crippen molar-refractivity contribution in [2.75, 3.05) is 18.8 Å². The van der Waals surface area contributed by atoms with E-state index in [4.69, 9.17) is 14.8 Å². The maximum absolute atomic E-state index is 11.4. The van der Waals surface area contributed by atoms with Crippen molar-refractivity contribution in [3.63, 3.8) is 0 Å². The molecule has 0 aromatic carbocycles. The number of carbonyl (C=O) groups excluding carboxylic acids is 1. The Morgan fingerprint density at radius 3 is 2.16 bits per heavy atom. The van der Waals surface area contributed by atoms with E-state index >= 15 is 0 Å². The minimum absolute atomic E-state index is 0.000370. The predicted molar refractivity (Wildman–Crippen MR) is 67.6 cm³/mol. The van der Waals surface area contributed by atoms with Crippen LogP contribution in [0.5, 0.6) is 0 Å². The number of hydrogen-bond acceptors (Lipinski definition) is 6. The smallest absolute Gasteiger partial charge is 0.278 e. The van der Waals surface area contributed by atoms with E-state index in [9.17, 15) is 21.6 Å². The average Bonchev–Trinajstić information content (AvgIpc) is 2.21. The summed E-state index contributed by atoms with van der Waals surface area (Å²) in [6.07, 6.45) is 0.0955. The minimum Gasteiger partial charge on any atom is -0.355 e. The topological polar surface area (TPSA) is 164 Å². The number of nitrogens with two attached hydrogens (primary N) is 1. The summed E-state index contributed by atoms with van der Waals surface area (Å²) in [5.74, 6) is -1.71. The number of hydrogen-bond donors (Lipinski definition) is 4. The van der Waals surface area contributed by atoms with Gasteiger partial charge in [-0.05, 0) is 12.3 Å². The summed E-state index contributed by atoms with van der Waals surface area (Å²) in [7, 11) is -8.64. The fourth-order valence-corrected chi connectivity index (χ4v) is 2.50. The zero-order chi connectivity index (χ0) is 15.3. The molecule has 0 aliphatic carbocycles. The van der Waals surface area contributed by atoms with Gasteiger partial charge in [0.15, 0.2) is 5.25 Å². The van der Waals surface area contributed by atoms with E-state index in [2.05, 4.69) is 5.32 Å². The molecule has 2 atom stereocenters. The maximum atomic E-state index is 11.4. The average molecular weight is 318 g/mol. The molecule has 114 valence electrons. The predicted octanol–water partition coefficient (Wildman–Crippen LogP) is -1.77. The first-order valence-corrected chi connectivity index (χ1v) is 8.48. The summed E-state index contributed by atoms with van der Waals surface area (Å²) in [5.41, 5.74) is 5.07. The van der Waals surface area contributed by atoms with E-state index in [1.165, 1.54) is 0 Å². The quantitative estimate of drug-likeness (QED) is 0.382. The highest BCUT2D eigenvalue weighted by atomic mass is 32.2. The highest BCUT2D eigenvalue weighted by Crippen LogP contribution is 2.03. The first kappa shape index (κ1) is 18.2. The van der Waals surface area contributed by atoms with Crippen molar-refractivity contribution < 1.29 is 30.7 Å². The van der Waals surface area contributed by atoms with Gasteiger partial charge in [0.05, 0.1) is 5.75 Å². The monoisotopic (exact) mass is 318 g/mol. The number of rotatable bonds is 8. The Hall–Kier alpha value is -0.750. The molecule has 0 bridgehead atoms. The van der Waals surface area contributed by atoms with Crippen molar-refractivity contribution in [2.45, 2.75) is 18.6 Å². The summed E-state index contributed by atoms with van der Waals surface area (Å²) in [4.78, 5) is 11.4. The number of carbonyl (C=O) groups is 1. The lowest BCUT2D eigenvalue weighted by atomic mass is 10.1. The van der Waals surface area contributed by atoms with E-state index in [1.807, 2.05) is 0 Å². The Labute approximate surface area is 112 Å². The lowest BCUT2D eigenvalue weighted by molar-refractivity contribution is -0.120. The summed E-state index contributed by atoms with van der Waals surface area (Å²) in [6, 6.07) is 0. The van der Waals surface area contributed by atoms with Crippen LogP contribution < -0.4 is 11.1 Å². The second-order valence-corrected chi connectivity index (χ2v) is 7.34. The molecule has 0 saturated heterocycles. The van der Waals surface area contributed by atoms with Gasteiger partial charge in [-0.1, -0.05) is 6.92 Å². The van der Waals surface area contributed by atoms with Gasteiger partial charge in [-0.25, -0.2) is 0 Å². The number of nitrogens with one attached hydrogen (secondary N) is 1. The molecule has 0 fully saturated rings. The summed E-state index contributed by atoms with van der Waals surface area (Å²) < 4.78 is 59.9. The van der Waals surface area contributed by atoms with Gasteiger partial charge in [-0.2, -0.15) is 16.8 Å². The molecule has 0 heterocycles. The van der Waals surface area contributed by atoms with Gasteiger partial charge in [0.25, 0.3) is 20.2 Å². The van der Waals surface area contributed by atoms with Crippen molar-refractivity contribution in [1.82, 2.24) is 5.32 Å². The fourth-order valence-electron chi connectivity index (χ4n) is 1.20. The van der Waals surface area contributed by atoms with Gasteiger partial charge in [0.1, 0.15) is 0 Å². The molecule has 2 unspecified atom stereocenters. The van der Waals surface area contributed by atoms with Crippen LogP contribution in [0.2, 0.25) is 0 Å². The molecule has 0 aliphatic rings.